The molecule has 1 aromatic carbocycles. The van der Waals surface area contributed by atoms with Crippen molar-refractivity contribution in [3.05, 3.63) is 72.8 Å². The van der Waals surface area contributed by atoms with Crippen LogP contribution in [-0.2, 0) is 12.2 Å². The summed E-state index contributed by atoms with van der Waals surface area (Å²) in [5, 5.41) is 8.96. The van der Waals surface area contributed by atoms with Crippen molar-refractivity contribution in [3.8, 4) is 0 Å². The predicted octanol–water partition coefficient (Wildman–Crippen LogP) is 2.29. The lowest BCUT2D eigenvalue weighted by molar-refractivity contribution is 0.419. The standard InChI is InChI=1S/C15H13ClN4O3S/c1-8-10(13(21)18-14(22)17-8)6-12-19-20-15(23-12)24-7-9-4-2-3-5-11(9)16/h2-5H,6-7H2,1H3,(H2,17,18,21,22). The van der Waals surface area contributed by atoms with E-state index in [1.165, 1.54) is 11.8 Å². The van der Waals surface area contributed by atoms with Crippen molar-refractivity contribution in [1.82, 2.24) is 20.2 Å². The van der Waals surface area contributed by atoms with E-state index in [2.05, 4.69) is 20.2 Å². The molecule has 0 radical (unpaired) electrons. The quantitative estimate of drug-likeness (QED) is 0.673. The number of aryl methyl sites for hydroxylation is 1. The maximum Gasteiger partial charge on any atom is 0.325 e. The maximum absolute atomic E-state index is 11.8. The first kappa shape index (κ1) is 16.5. The van der Waals surface area contributed by atoms with Crippen molar-refractivity contribution in [2.24, 2.45) is 0 Å². The molecular formula is C15H13ClN4O3S. The van der Waals surface area contributed by atoms with Gasteiger partial charge in [-0.2, -0.15) is 0 Å². The fourth-order valence-corrected chi connectivity index (χ4v) is 3.18. The van der Waals surface area contributed by atoms with Gasteiger partial charge in [0.25, 0.3) is 10.8 Å². The van der Waals surface area contributed by atoms with Gasteiger partial charge in [-0.25, -0.2) is 4.79 Å². The molecule has 0 fully saturated rings. The molecule has 3 rings (SSSR count). The van der Waals surface area contributed by atoms with Crippen LogP contribution < -0.4 is 11.2 Å². The Morgan fingerprint density at radius 3 is 2.75 bits per heavy atom. The van der Waals surface area contributed by atoms with Crippen molar-refractivity contribution in [1.29, 1.82) is 0 Å². The zero-order valence-corrected chi connectivity index (χ0v) is 14.2. The lowest BCUT2D eigenvalue weighted by Gasteiger charge is -2.01. The van der Waals surface area contributed by atoms with E-state index in [9.17, 15) is 9.59 Å². The SMILES string of the molecule is Cc1[nH]c(=O)[nH]c(=O)c1Cc1nnc(SCc2ccccc2Cl)o1. The molecule has 0 unspecified atom stereocenters. The summed E-state index contributed by atoms with van der Waals surface area (Å²) in [5.41, 5.74) is 0.840. The van der Waals surface area contributed by atoms with E-state index >= 15 is 0 Å². The van der Waals surface area contributed by atoms with Gasteiger partial charge in [0, 0.05) is 22.0 Å². The Balaban J connectivity index is 1.71. The zero-order valence-electron chi connectivity index (χ0n) is 12.6. The first-order valence-corrected chi connectivity index (χ1v) is 8.40. The minimum atomic E-state index is -0.539. The fraction of sp³-hybridized carbons (Fsp3) is 0.200. The number of halogens is 1. The van der Waals surface area contributed by atoms with Gasteiger partial charge in [-0.15, -0.1) is 10.2 Å². The number of benzene rings is 1. The molecule has 3 aromatic rings. The third-order valence-corrected chi connectivity index (χ3v) is 4.58. The average Bonchev–Trinajstić information content (AvgIpc) is 2.98. The molecule has 0 aliphatic rings. The molecule has 0 aliphatic heterocycles. The van der Waals surface area contributed by atoms with Crippen LogP contribution in [0.5, 0.6) is 0 Å². The van der Waals surface area contributed by atoms with Crippen LogP contribution in [0.15, 0.2) is 43.5 Å². The molecule has 0 spiro atoms. The molecule has 0 aliphatic carbocycles. The second kappa shape index (κ2) is 7.06. The Kier molecular flexibility index (Phi) is 4.86. The van der Waals surface area contributed by atoms with Gasteiger partial charge >= 0.3 is 5.69 Å². The second-order valence-electron chi connectivity index (χ2n) is 5.03. The Morgan fingerprint density at radius 1 is 1.21 bits per heavy atom. The Morgan fingerprint density at radius 2 is 2.00 bits per heavy atom. The van der Waals surface area contributed by atoms with Crippen molar-refractivity contribution in [2.45, 2.75) is 24.3 Å². The third kappa shape index (κ3) is 3.77. The monoisotopic (exact) mass is 364 g/mol. The van der Waals surface area contributed by atoms with Crippen LogP contribution in [0, 0.1) is 6.92 Å². The smallest absolute Gasteiger partial charge is 0.325 e. The highest BCUT2D eigenvalue weighted by atomic mass is 35.5. The van der Waals surface area contributed by atoms with Gasteiger partial charge in [0.2, 0.25) is 5.89 Å². The van der Waals surface area contributed by atoms with E-state index in [0.29, 0.717) is 33.1 Å². The van der Waals surface area contributed by atoms with Gasteiger partial charge in [0.15, 0.2) is 0 Å². The van der Waals surface area contributed by atoms with Gasteiger partial charge in [0.05, 0.1) is 6.42 Å². The van der Waals surface area contributed by atoms with Gasteiger partial charge in [0.1, 0.15) is 0 Å². The van der Waals surface area contributed by atoms with Crippen molar-refractivity contribution >= 4 is 23.4 Å². The molecule has 2 aromatic heterocycles. The van der Waals surface area contributed by atoms with Gasteiger partial charge < -0.3 is 9.40 Å². The molecule has 0 bridgehead atoms. The average molecular weight is 365 g/mol. The van der Waals surface area contributed by atoms with Crippen molar-refractivity contribution in [2.75, 3.05) is 0 Å². The number of rotatable bonds is 5. The van der Waals surface area contributed by atoms with Crippen LogP contribution in [0.25, 0.3) is 0 Å². The van der Waals surface area contributed by atoms with Crippen LogP contribution in [0.3, 0.4) is 0 Å². The Labute approximate surface area is 145 Å². The Hall–Kier alpha value is -2.32. The zero-order chi connectivity index (χ0) is 17.1. The summed E-state index contributed by atoms with van der Waals surface area (Å²) in [7, 11) is 0. The highest BCUT2D eigenvalue weighted by Crippen LogP contribution is 2.25. The number of aromatic nitrogens is 4. The lowest BCUT2D eigenvalue weighted by atomic mass is 10.2. The molecule has 0 saturated carbocycles. The van der Waals surface area contributed by atoms with E-state index in [1.807, 2.05) is 24.3 Å². The van der Waals surface area contributed by atoms with E-state index < -0.39 is 11.2 Å². The summed E-state index contributed by atoms with van der Waals surface area (Å²) in [6.07, 6.45) is 0.150. The van der Waals surface area contributed by atoms with Crippen molar-refractivity contribution < 1.29 is 4.42 Å². The molecule has 0 atom stereocenters. The topological polar surface area (TPSA) is 105 Å². The van der Waals surface area contributed by atoms with E-state index in [4.69, 9.17) is 16.0 Å². The summed E-state index contributed by atoms with van der Waals surface area (Å²) in [6, 6.07) is 7.52. The van der Waals surface area contributed by atoms with E-state index in [1.54, 1.807) is 6.92 Å². The summed E-state index contributed by atoms with van der Waals surface area (Å²) in [4.78, 5) is 27.7. The molecule has 2 heterocycles. The first-order chi connectivity index (χ1) is 11.5. The molecule has 124 valence electrons. The number of thioether (sulfide) groups is 1. The maximum atomic E-state index is 11.8. The normalized spacial score (nSPS) is 10.9. The molecule has 0 saturated heterocycles. The van der Waals surface area contributed by atoms with Gasteiger partial charge in [-0.3, -0.25) is 9.78 Å². The van der Waals surface area contributed by atoms with Crippen LogP contribution in [0.1, 0.15) is 22.7 Å². The second-order valence-corrected chi connectivity index (χ2v) is 6.36. The molecule has 2 N–H and O–H groups in total. The van der Waals surface area contributed by atoms with Gasteiger partial charge in [-0.05, 0) is 18.6 Å². The number of H-pyrrole nitrogens is 2. The summed E-state index contributed by atoms with van der Waals surface area (Å²) >= 11 is 7.46. The molecule has 24 heavy (non-hydrogen) atoms. The molecule has 9 heteroatoms. The number of hydrogen-bond acceptors (Lipinski definition) is 6. The van der Waals surface area contributed by atoms with E-state index in [-0.39, 0.29) is 6.42 Å². The largest absolute Gasteiger partial charge is 0.416 e. The predicted molar refractivity (Wildman–Crippen MR) is 90.5 cm³/mol. The van der Waals surface area contributed by atoms with Gasteiger partial charge in [-0.1, -0.05) is 41.6 Å². The molecule has 7 nitrogen and oxygen atoms in total. The number of hydrogen-bond donors (Lipinski definition) is 2. The first-order valence-electron chi connectivity index (χ1n) is 7.03. The molecular weight excluding hydrogens is 352 g/mol. The highest BCUT2D eigenvalue weighted by Gasteiger charge is 2.13. The van der Waals surface area contributed by atoms with Crippen LogP contribution in [0.4, 0.5) is 0 Å². The summed E-state index contributed by atoms with van der Waals surface area (Å²) in [5.74, 6) is 0.900. The summed E-state index contributed by atoms with van der Waals surface area (Å²) < 4.78 is 5.54. The molecule has 0 amide bonds. The number of nitrogens with zero attached hydrogens (tertiary/aromatic N) is 2. The third-order valence-electron chi connectivity index (χ3n) is 3.34. The summed E-state index contributed by atoms with van der Waals surface area (Å²) in [6.45, 7) is 1.65. The van der Waals surface area contributed by atoms with Crippen molar-refractivity contribution in [3.63, 3.8) is 0 Å². The van der Waals surface area contributed by atoms with E-state index in [0.717, 1.165) is 5.56 Å². The minimum Gasteiger partial charge on any atom is -0.416 e. The van der Waals surface area contributed by atoms with Crippen LogP contribution in [0.2, 0.25) is 5.02 Å². The Bertz CT molecular complexity index is 979. The van der Waals surface area contributed by atoms with Crippen LogP contribution >= 0.6 is 23.4 Å². The highest BCUT2D eigenvalue weighted by molar-refractivity contribution is 7.98. The fourth-order valence-electron chi connectivity index (χ4n) is 2.11. The number of nitrogens with one attached hydrogen (secondary N) is 2. The number of aromatic amines is 2. The lowest BCUT2D eigenvalue weighted by Crippen LogP contribution is -2.27. The minimum absolute atomic E-state index is 0.150. The van der Waals surface area contributed by atoms with Crippen LogP contribution in [-0.4, -0.2) is 20.2 Å².